The molecule has 1 aromatic heterocycles. The number of amides is 1. The molecule has 3 heterocycles. The molecule has 2 aliphatic heterocycles. The molecule has 3 aromatic rings. The molecule has 1 unspecified atom stereocenters. The minimum Gasteiger partial charge on any atom is -0.346 e. The molecule has 1 spiro atoms. The molecular weight excluding hydrogens is 627 g/mol. The average molecular weight is 655 g/mol. The Kier molecular flexibility index (Phi) is 7.26. The van der Waals surface area contributed by atoms with Crippen molar-refractivity contribution >= 4 is 31.3 Å². The standard InChI is InChI=1S/C29H27F5N4O4S2/c30-18-5-7-19(8-6-18)44(41,42)38-23-10-9-20(27(39)37-16-22-21(29(32,33)34)2-1-13-36-22)25(31)24(23)28(26(38)17-3-4-17)11-14-43(35,40)15-12-28/h1-2,5-10,13,17,26,35H,3-4,11-12,14-16H2,(H,37,39). The van der Waals surface area contributed by atoms with Crippen molar-refractivity contribution in [2.75, 3.05) is 15.8 Å². The Morgan fingerprint density at radius 3 is 2.34 bits per heavy atom. The molecule has 2 N–H and O–H groups in total. The summed E-state index contributed by atoms with van der Waals surface area (Å²) in [5.74, 6) is -3.08. The number of halogens is 5. The van der Waals surface area contributed by atoms with Crippen molar-refractivity contribution < 1.29 is 39.4 Å². The third-order valence-electron chi connectivity index (χ3n) is 8.73. The van der Waals surface area contributed by atoms with Gasteiger partial charge in [0.25, 0.3) is 15.9 Å². The lowest BCUT2D eigenvalue weighted by Crippen LogP contribution is -2.52. The van der Waals surface area contributed by atoms with Crippen molar-refractivity contribution in [3.63, 3.8) is 0 Å². The third kappa shape index (κ3) is 5.13. The maximum Gasteiger partial charge on any atom is 0.418 e. The van der Waals surface area contributed by atoms with Crippen molar-refractivity contribution in [2.45, 2.75) is 54.8 Å². The number of benzene rings is 2. The summed E-state index contributed by atoms with van der Waals surface area (Å²) >= 11 is 0. The van der Waals surface area contributed by atoms with Gasteiger partial charge in [-0.05, 0) is 80.1 Å². The van der Waals surface area contributed by atoms with Crippen LogP contribution in [-0.4, -0.2) is 41.1 Å². The molecule has 0 bridgehead atoms. The first-order chi connectivity index (χ1) is 20.7. The van der Waals surface area contributed by atoms with E-state index in [1.807, 2.05) is 0 Å². The molecule has 3 aliphatic rings. The lowest BCUT2D eigenvalue weighted by molar-refractivity contribution is -0.138. The maximum absolute atomic E-state index is 16.7. The smallest absolute Gasteiger partial charge is 0.346 e. The minimum absolute atomic E-state index is 0.0114. The topological polar surface area (TPSA) is 120 Å². The van der Waals surface area contributed by atoms with Crippen molar-refractivity contribution in [1.82, 2.24) is 10.3 Å². The van der Waals surface area contributed by atoms with E-state index < -0.39 is 78.3 Å². The van der Waals surface area contributed by atoms with Gasteiger partial charge < -0.3 is 5.32 Å². The van der Waals surface area contributed by atoms with Crippen LogP contribution in [0.4, 0.5) is 27.6 Å². The van der Waals surface area contributed by atoms with E-state index in [0.717, 1.165) is 53.0 Å². The fraction of sp³-hybridized carbons (Fsp3) is 0.379. The first-order valence-electron chi connectivity index (χ1n) is 13.8. The van der Waals surface area contributed by atoms with Gasteiger partial charge in [0.1, 0.15) is 11.6 Å². The fourth-order valence-corrected chi connectivity index (χ4v) is 9.92. The number of rotatable bonds is 6. The lowest BCUT2D eigenvalue weighted by Gasteiger charge is -2.42. The van der Waals surface area contributed by atoms with Gasteiger partial charge in [0.05, 0.1) is 40.0 Å². The Morgan fingerprint density at radius 1 is 1.07 bits per heavy atom. The highest BCUT2D eigenvalue weighted by molar-refractivity contribution is 7.93. The fourth-order valence-electron chi connectivity index (χ4n) is 6.54. The molecule has 1 saturated carbocycles. The number of carbonyl (C=O) groups is 1. The van der Waals surface area contributed by atoms with Crippen LogP contribution in [0.3, 0.4) is 0 Å². The zero-order chi connectivity index (χ0) is 31.7. The number of fused-ring (bicyclic) bond motifs is 2. The van der Waals surface area contributed by atoms with Crippen molar-refractivity contribution in [2.24, 2.45) is 5.92 Å². The molecule has 6 rings (SSSR count). The molecule has 1 amide bonds. The van der Waals surface area contributed by atoms with Crippen molar-refractivity contribution in [1.29, 1.82) is 4.78 Å². The Bertz CT molecular complexity index is 1850. The molecule has 0 radical (unpaired) electrons. The molecule has 1 saturated heterocycles. The number of aromatic nitrogens is 1. The van der Waals surface area contributed by atoms with Crippen LogP contribution < -0.4 is 9.62 Å². The van der Waals surface area contributed by atoms with E-state index in [4.69, 9.17) is 4.78 Å². The molecule has 2 aromatic carbocycles. The Balaban J connectivity index is 1.45. The summed E-state index contributed by atoms with van der Waals surface area (Å²) in [6.07, 6.45) is -2.24. The van der Waals surface area contributed by atoms with E-state index in [1.54, 1.807) is 0 Å². The second-order valence-corrected chi connectivity index (χ2v) is 15.7. The Hall–Kier alpha value is -3.59. The average Bonchev–Trinajstić information content (AvgIpc) is 3.76. The molecule has 1 aliphatic carbocycles. The molecule has 1 atom stereocenters. The summed E-state index contributed by atoms with van der Waals surface area (Å²) in [5, 5.41) is 2.30. The van der Waals surface area contributed by atoms with Gasteiger partial charge in [0, 0.05) is 38.4 Å². The molecule has 8 nitrogen and oxygen atoms in total. The molecule has 15 heteroatoms. The van der Waals surface area contributed by atoms with Gasteiger partial charge in [0.15, 0.2) is 0 Å². The number of alkyl halides is 3. The van der Waals surface area contributed by atoms with Gasteiger partial charge in [-0.3, -0.25) is 18.9 Å². The van der Waals surface area contributed by atoms with E-state index in [1.165, 1.54) is 6.07 Å². The van der Waals surface area contributed by atoms with Gasteiger partial charge in [-0.1, -0.05) is 0 Å². The van der Waals surface area contributed by atoms with Gasteiger partial charge in [-0.15, -0.1) is 0 Å². The number of hydrogen-bond donors (Lipinski definition) is 2. The first-order valence-corrected chi connectivity index (χ1v) is 17.2. The summed E-state index contributed by atoms with van der Waals surface area (Å²) in [7, 11) is -7.37. The van der Waals surface area contributed by atoms with Crippen LogP contribution >= 0.6 is 0 Å². The minimum atomic E-state index is -4.73. The molecule has 44 heavy (non-hydrogen) atoms. The largest absolute Gasteiger partial charge is 0.418 e. The van der Waals surface area contributed by atoms with E-state index in [2.05, 4.69) is 10.3 Å². The van der Waals surface area contributed by atoms with Gasteiger partial charge in [-0.2, -0.15) is 13.2 Å². The van der Waals surface area contributed by atoms with Gasteiger partial charge in [-0.25, -0.2) is 21.4 Å². The van der Waals surface area contributed by atoms with Crippen LogP contribution in [-0.2, 0) is 37.9 Å². The first kappa shape index (κ1) is 30.4. The van der Waals surface area contributed by atoms with Crippen LogP contribution in [0.15, 0.2) is 59.6 Å². The molecule has 234 valence electrons. The van der Waals surface area contributed by atoms with E-state index in [0.29, 0.717) is 12.8 Å². The predicted octanol–water partition coefficient (Wildman–Crippen LogP) is 5.37. The predicted molar refractivity (Wildman–Crippen MR) is 151 cm³/mol. The third-order valence-corrected chi connectivity index (χ3v) is 12.3. The summed E-state index contributed by atoms with van der Waals surface area (Å²) in [6, 6.07) is 7.72. The van der Waals surface area contributed by atoms with Crippen LogP contribution in [0, 0.1) is 22.3 Å². The second kappa shape index (κ2) is 10.5. The number of nitrogens with one attached hydrogen (secondary N) is 2. The van der Waals surface area contributed by atoms with E-state index >= 15 is 4.39 Å². The number of anilines is 1. The lowest BCUT2D eigenvalue weighted by atomic mass is 9.70. The second-order valence-electron chi connectivity index (χ2n) is 11.4. The summed E-state index contributed by atoms with van der Waals surface area (Å²) in [4.78, 5) is 16.7. The summed E-state index contributed by atoms with van der Waals surface area (Å²) < 4.78 is 121. The highest BCUT2D eigenvalue weighted by Crippen LogP contribution is 2.60. The number of sulfonamides is 1. The highest BCUT2D eigenvalue weighted by Gasteiger charge is 2.61. The monoisotopic (exact) mass is 654 g/mol. The van der Waals surface area contributed by atoms with Crippen LogP contribution in [0.1, 0.15) is 52.9 Å². The zero-order valence-corrected chi connectivity index (χ0v) is 24.7. The number of hydrogen-bond acceptors (Lipinski definition) is 6. The number of carbonyl (C=O) groups excluding carboxylic acids is 1. The van der Waals surface area contributed by atoms with Crippen LogP contribution in [0.2, 0.25) is 0 Å². The Morgan fingerprint density at radius 2 is 1.73 bits per heavy atom. The quantitative estimate of drug-likeness (QED) is 0.346. The van der Waals surface area contributed by atoms with Crippen LogP contribution in [0.25, 0.3) is 0 Å². The maximum atomic E-state index is 16.7. The Labute approximate surface area is 250 Å². The molecular formula is C29H27F5N4O4S2. The van der Waals surface area contributed by atoms with Gasteiger partial charge >= 0.3 is 6.18 Å². The van der Waals surface area contributed by atoms with E-state index in [9.17, 15) is 35.0 Å². The van der Waals surface area contributed by atoms with Crippen molar-refractivity contribution in [3.8, 4) is 0 Å². The summed E-state index contributed by atoms with van der Waals surface area (Å²) in [5.41, 5.74) is -3.30. The van der Waals surface area contributed by atoms with E-state index in [-0.39, 0.29) is 46.4 Å². The highest BCUT2D eigenvalue weighted by atomic mass is 32.2. The van der Waals surface area contributed by atoms with Crippen LogP contribution in [0.5, 0.6) is 0 Å². The number of pyridine rings is 1. The molecule has 2 fully saturated rings. The number of nitrogens with zero attached hydrogens (tertiary/aromatic N) is 2. The normalized spacial score (nSPS) is 25.2. The SMILES string of the molecule is N=S1(=O)CCC2(CC1)c1c(ccc(C(=O)NCc3ncccc3C(F)(F)F)c1F)N(S(=O)(=O)c1ccc(F)cc1)C2C1CC1. The van der Waals surface area contributed by atoms with Crippen molar-refractivity contribution in [3.05, 3.63) is 88.7 Å². The van der Waals surface area contributed by atoms with Gasteiger partial charge in [0.2, 0.25) is 0 Å². The zero-order valence-electron chi connectivity index (χ0n) is 23.0. The summed E-state index contributed by atoms with van der Waals surface area (Å²) in [6.45, 7) is -0.646.